The van der Waals surface area contributed by atoms with Crippen LogP contribution in [0.4, 0.5) is 0 Å². The maximum atomic E-state index is 11.6. The molecule has 0 spiro atoms. The molecule has 0 saturated heterocycles. The number of carbonyl (C=O) groups excluding carboxylic acids is 1. The molecular formula is C9H20N2OS. The summed E-state index contributed by atoms with van der Waals surface area (Å²) in [5, 5.41) is 0. The summed E-state index contributed by atoms with van der Waals surface area (Å²) in [6, 6.07) is -0.329. The van der Waals surface area contributed by atoms with Gasteiger partial charge in [0.2, 0.25) is 5.91 Å². The number of carbonyl (C=O) groups is 1. The van der Waals surface area contributed by atoms with Crippen LogP contribution in [0, 0.1) is 0 Å². The lowest BCUT2D eigenvalue weighted by Gasteiger charge is -2.22. The molecule has 0 bridgehead atoms. The van der Waals surface area contributed by atoms with E-state index in [1.807, 2.05) is 13.8 Å². The third kappa shape index (κ3) is 4.52. The van der Waals surface area contributed by atoms with E-state index in [1.165, 1.54) is 0 Å². The van der Waals surface area contributed by atoms with Crippen LogP contribution >= 0.6 is 11.8 Å². The highest BCUT2D eigenvalue weighted by Gasteiger charge is 2.17. The minimum Gasteiger partial charge on any atom is -0.342 e. The average Bonchev–Trinajstić information content (AvgIpc) is 2.15. The summed E-state index contributed by atoms with van der Waals surface area (Å²) in [5.41, 5.74) is 5.74. The van der Waals surface area contributed by atoms with Crippen molar-refractivity contribution in [1.29, 1.82) is 0 Å². The summed E-state index contributed by atoms with van der Waals surface area (Å²) in [7, 11) is 0. The Bertz CT molecular complexity index is 149. The standard InChI is InChI=1S/C9H20N2OS/c1-4-11(5-2)9(12)8(10)7-13-6-3/h8H,4-7,10H2,1-3H3/t8-/m0/s1. The molecule has 0 fully saturated rings. The van der Waals surface area contributed by atoms with Gasteiger partial charge in [0.1, 0.15) is 0 Å². The maximum Gasteiger partial charge on any atom is 0.240 e. The Morgan fingerprint density at radius 3 is 2.31 bits per heavy atom. The molecule has 3 nitrogen and oxygen atoms in total. The predicted molar refractivity (Wildman–Crippen MR) is 58.9 cm³/mol. The Morgan fingerprint density at radius 1 is 1.38 bits per heavy atom. The van der Waals surface area contributed by atoms with Crippen LogP contribution in [0.2, 0.25) is 0 Å². The first-order valence-electron chi connectivity index (χ1n) is 4.79. The fourth-order valence-electron chi connectivity index (χ4n) is 1.09. The van der Waals surface area contributed by atoms with Crippen LogP contribution in [0.1, 0.15) is 20.8 Å². The molecule has 0 aliphatic carbocycles. The van der Waals surface area contributed by atoms with Crippen molar-refractivity contribution >= 4 is 17.7 Å². The van der Waals surface area contributed by atoms with E-state index < -0.39 is 0 Å². The van der Waals surface area contributed by atoms with E-state index in [9.17, 15) is 4.79 Å². The van der Waals surface area contributed by atoms with Gasteiger partial charge in [-0.1, -0.05) is 6.92 Å². The highest BCUT2D eigenvalue weighted by atomic mass is 32.2. The van der Waals surface area contributed by atoms with Crippen molar-refractivity contribution in [2.75, 3.05) is 24.6 Å². The minimum atomic E-state index is -0.329. The molecule has 0 aliphatic heterocycles. The van der Waals surface area contributed by atoms with E-state index in [4.69, 9.17) is 5.73 Å². The quantitative estimate of drug-likeness (QED) is 0.700. The monoisotopic (exact) mass is 204 g/mol. The fraction of sp³-hybridized carbons (Fsp3) is 0.889. The minimum absolute atomic E-state index is 0.0750. The molecule has 2 N–H and O–H groups in total. The van der Waals surface area contributed by atoms with E-state index in [0.29, 0.717) is 0 Å². The first kappa shape index (κ1) is 12.8. The van der Waals surface area contributed by atoms with Crippen LogP contribution in [0.5, 0.6) is 0 Å². The molecule has 0 heterocycles. The van der Waals surface area contributed by atoms with Gasteiger partial charge in [0.25, 0.3) is 0 Å². The smallest absolute Gasteiger partial charge is 0.240 e. The number of nitrogens with zero attached hydrogens (tertiary/aromatic N) is 1. The summed E-state index contributed by atoms with van der Waals surface area (Å²) >= 11 is 1.71. The lowest BCUT2D eigenvalue weighted by Crippen LogP contribution is -2.45. The Morgan fingerprint density at radius 2 is 1.92 bits per heavy atom. The molecule has 0 aromatic heterocycles. The van der Waals surface area contributed by atoms with Gasteiger partial charge < -0.3 is 10.6 Å². The molecule has 0 radical (unpaired) electrons. The molecule has 0 unspecified atom stereocenters. The summed E-state index contributed by atoms with van der Waals surface area (Å²) in [6.45, 7) is 7.51. The number of nitrogens with two attached hydrogens (primary N) is 1. The van der Waals surface area contributed by atoms with Crippen molar-refractivity contribution < 1.29 is 4.79 Å². The Labute approximate surface area is 85.0 Å². The largest absolute Gasteiger partial charge is 0.342 e. The van der Waals surface area contributed by atoms with E-state index in [-0.39, 0.29) is 11.9 Å². The maximum absolute atomic E-state index is 11.6. The summed E-state index contributed by atoms with van der Waals surface area (Å²) < 4.78 is 0. The van der Waals surface area contributed by atoms with Gasteiger partial charge in [-0.05, 0) is 19.6 Å². The van der Waals surface area contributed by atoms with Gasteiger partial charge in [0, 0.05) is 18.8 Å². The second-order valence-corrected chi connectivity index (χ2v) is 4.10. The lowest BCUT2D eigenvalue weighted by molar-refractivity contribution is -0.131. The van der Waals surface area contributed by atoms with Crippen LogP contribution < -0.4 is 5.73 Å². The summed E-state index contributed by atoms with van der Waals surface area (Å²) in [4.78, 5) is 13.4. The zero-order chi connectivity index (χ0) is 10.3. The first-order chi connectivity index (χ1) is 6.17. The number of thioether (sulfide) groups is 1. The summed E-state index contributed by atoms with van der Waals surface area (Å²) in [6.07, 6.45) is 0. The third-order valence-electron chi connectivity index (χ3n) is 1.89. The van der Waals surface area contributed by atoms with Crippen LogP contribution in [0.15, 0.2) is 0 Å². The Kier molecular flexibility index (Phi) is 7.09. The molecule has 1 atom stereocenters. The molecule has 1 amide bonds. The SMILES string of the molecule is CCSC[C@H](N)C(=O)N(CC)CC. The van der Waals surface area contributed by atoms with E-state index in [0.717, 1.165) is 24.6 Å². The zero-order valence-electron chi connectivity index (χ0n) is 8.75. The van der Waals surface area contributed by atoms with E-state index in [2.05, 4.69) is 6.92 Å². The number of likely N-dealkylation sites (N-methyl/N-ethyl adjacent to an activating group) is 1. The van der Waals surface area contributed by atoms with Gasteiger partial charge in [-0.15, -0.1) is 0 Å². The van der Waals surface area contributed by atoms with Crippen molar-refractivity contribution in [3.63, 3.8) is 0 Å². The Balaban J connectivity index is 3.92. The second kappa shape index (κ2) is 7.21. The van der Waals surface area contributed by atoms with Gasteiger partial charge in [-0.2, -0.15) is 11.8 Å². The number of hydrogen-bond donors (Lipinski definition) is 1. The molecule has 78 valence electrons. The van der Waals surface area contributed by atoms with E-state index >= 15 is 0 Å². The molecule has 0 saturated carbocycles. The molecular weight excluding hydrogens is 184 g/mol. The van der Waals surface area contributed by atoms with Gasteiger partial charge >= 0.3 is 0 Å². The van der Waals surface area contributed by atoms with Crippen LogP contribution in [-0.4, -0.2) is 41.4 Å². The topological polar surface area (TPSA) is 46.3 Å². The zero-order valence-corrected chi connectivity index (χ0v) is 9.56. The van der Waals surface area contributed by atoms with Gasteiger partial charge in [-0.25, -0.2) is 0 Å². The number of rotatable bonds is 6. The van der Waals surface area contributed by atoms with Crippen molar-refractivity contribution in [1.82, 2.24) is 4.90 Å². The molecule has 0 aromatic carbocycles. The highest BCUT2D eigenvalue weighted by Crippen LogP contribution is 2.03. The molecule has 0 aliphatic rings. The van der Waals surface area contributed by atoms with Gasteiger partial charge in [0.05, 0.1) is 6.04 Å². The first-order valence-corrected chi connectivity index (χ1v) is 5.94. The van der Waals surface area contributed by atoms with Crippen molar-refractivity contribution in [3.05, 3.63) is 0 Å². The highest BCUT2D eigenvalue weighted by molar-refractivity contribution is 7.99. The number of hydrogen-bond acceptors (Lipinski definition) is 3. The third-order valence-corrected chi connectivity index (χ3v) is 2.90. The molecule has 4 heteroatoms. The van der Waals surface area contributed by atoms with Crippen molar-refractivity contribution in [2.45, 2.75) is 26.8 Å². The second-order valence-electron chi connectivity index (χ2n) is 2.78. The normalized spacial score (nSPS) is 12.6. The summed E-state index contributed by atoms with van der Waals surface area (Å²) in [5.74, 6) is 1.82. The van der Waals surface area contributed by atoms with Gasteiger partial charge in [-0.3, -0.25) is 4.79 Å². The fourth-order valence-corrected chi connectivity index (χ4v) is 1.72. The Hall–Kier alpha value is -0.220. The van der Waals surface area contributed by atoms with E-state index in [1.54, 1.807) is 16.7 Å². The predicted octanol–water partition coefficient (Wildman–Crippen LogP) is 0.935. The molecule has 13 heavy (non-hydrogen) atoms. The van der Waals surface area contributed by atoms with Crippen LogP contribution in [0.25, 0.3) is 0 Å². The molecule has 0 aromatic rings. The van der Waals surface area contributed by atoms with Crippen LogP contribution in [0.3, 0.4) is 0 Å². The van der Waals surface area contributed by atoms with Crippen LogP contribution in [-0.2, 0) is 4.79 Å². The number of amides is 1. The van der Waals surface area contributed by atoms with Gasteiger partial charge in [0.15, 0.2) is 0 Å². The molecule has 0 rings (SSSR count). The van der Waals surface area contributed by atoms with Crippen molar-refractivity contribution in [2.24, 2.45) is 5.73 Å². The lowest BCUT2D eigenvalue weighted by atomic mass is 10.3. The van der Waals surface area contributed by atoms with Crippen molar-refractivity contribution in [3.8, 4) is 0 Å². The average molecular weight is 204 g/mol.